The molecule has 0 unspecified atom stereocenters. The summed E-state index contributed by atoms with van der Waals surface area (Å²) in [6.45, 7) is 26.6. The molecular weight excluding hydrogens is 1550 g/mol. The zero-order chi connectivity index (χ0) is 86.0. The number of rotatable bonds is 13. The highest BCUT2D eigenvalue weighted by molar-refractivity contribution is 6.35. The van der Waals surface area contributed by atoms with Crippen molar-refractivity contribution in [3.8, 4) is 11.1 Å². The SMILES string of the molecule is Cc1ccc(N(c2ccc3c4cccc5c6cc7c(cc6n(c3c2)c45)c2ccc(-c3ccc4c5cc6c(cc5n5c8cc(N(c9cc(C)cc(C)c9)c9ccccc9C)ccc8c3c45)c3cccc4c5ccc(N(c8cc(C)cc(C)c8)c8ccccc8C)cc5n6c43)c3c4ccc(N(c5ccc(C)cc5)c5cc(C)ccc5C)cc4n7c23)c2cc(C)ccc2C)cc1. The predicted octanol–water partition coefficient (Wildman–Crippen LogP) is 33.5. The summed E-state index contributed by atoms with van der Waals surface area (Å²) < 4.78 is 10.5. The molecule has 0 atom stereocenters. The number of aromatic nitrogens is 4. The van der Waals surface area contributed by atoms with Crippen molar-refractivity contribution in [2.75, 3.05) is 19.6 Å². The van der Waals surface area contributed by atoms with Gasteiger partial charge in [0.15, 0.2) is 0 Å². The monoisotopic (exact) mass is 1640 g/mol. The van der Waals surface area contributed by atoms with E-state index in [0.717, 1.165) is 73.6 Å². The van der Waals surface area contributed by atoms with Gasteiger partial charge < -0.3 is 37.2 Å². The van der Waals surface area contributed by atoms with E-state index in [1.165, 1.54) is 225 Å². The predicted molar refractivity (Wildman–Crippen MR) is 546 cm³/mol. The van der Waals surface area contributed by atoms with Crippen LogP contribution in [0.25, 0.3) is 164 Å². The Labute approximate surface area is 741 Å². The average molecular weight is 1640 g/mol. The van der Waals surface area contributed by atoms with Gasteiger partial charge in [0.1, 0.15) is 0 Å². The molecule has 8 aromatic heterocycles. The number of para-hydroxylation sites is 4. The topological polar surface area (TPSA) is 30.6 Å². The van der Waals surface area contributed by atoms with E-state index in [2.05, 4.69) is 448 Å². The molecule has 8 heterocycles. The van der Waals surface area contributed by atoms with E-state index in [-0.39, 0.29) is 0 Å². The van der Waals surface area contributed by atoms with Crippen molar-refractivity contribution in [3.05, 3.63) is 394 Å². The van der Waals surface area contributed by atoms with Gasteiger partial charge in [0, 0.05) is 154 Å². The minimum Gasteiger partial charge on any atom is -0.310 e. The molecule has 0 saturated carbocycles. The minimum absolute atomic E-state index is 1.09. The first-order valence-corrected chi connectivity index (χ1v) is 44.9. The zero-order valence-corrected chi connectivity index (χ0v) is 73.8. The normalized spacial score (nSPS) is 12.4. The molecule has 26 aromatic rings. The largest absolute Gasteiger partial charge is 0.310 e. The van der Waals surface area contributed by atoms with Crippen LogP contribution in [0.2, 0.25) is 0 Å². The maximum Gasteiger partial charge on any atom is 0.0626 e. The first-order valence-electron chi connectivity index (χ1n) is 44.9. The van der Waals surface area contributed by atoms with Crippen LogP contribution in [-0.2, 0) is 0 Å². The smallest absolute Gasteiger partial charge is 0.0626 e. The quantitative estimate of drug-likeness (QED) is 0.115. The molecule has 0 aliphatic heterocycles. The molecule has 610 valence electrons. The van der Waals surface area contributed by atoms with Crippen LogP contribution in [-0.4, -0.2) is 17.6 Å². The molecule has 128 heavy (non-hydrogen) atoms. The first kappa shape index (κ1) is 73.8. The molecule has 8 nitrogen and oxygen atoms in total. The summed E-state index contributed by atoms with van der Waals surface area (Å²) in [7, 11) is 0. The van der Waals surface area contributed by atoms with Crippen LogP contribution < -0.4 is 19.6 Å². The fourth-order valence-electron chi connectivity index (χ4n) is 22.8. The van der Waals surface area contributed by atoms with Gasteiger partial charge in [0.2, 0.25) is 0 Å². The van der Waals surface area contributed by atoms with E-state index in [4.69, 9.17) is 0 Å². The van der Waals surface area contributed by atoms with Crippen LogP contribution >= 0.6 is 0 Å². The fraction of sp³-hybridized carbons (Fsp3) is 0.100. The summed E-state index contributed by atoms with van der Waals surface area (Å²) in [6, 6.07) is 126. The van der Waals surface area contributed by atoms with E-state index in [9.17, 15) is 0 Å². The van der Waals surface area contributed by atoms with Crippen LogP contribution in [0.1, 0.15) is 66.8 Å². The van der Waals surface area contributed by atoms with Crippen molar-refractivity contribution >= 4 is 221 Å². The molecule has 0 aliphatic carbocycles. The number of aryl methyl sites for hydroxylation is 12. The summed E-state index contributed by atoms with van der Waals surface area (Å²) >= 11 is 0. The number of anilines is 12. The van der Waals surface area contributed by atoms with E-state index >= 15 is 0 Å². The Hall–Kier alpha value is -15.6. The molecule has 0 spiro atoms. The fourth-order valence-corrected chi connectivity index (χ4v) is 22.8. The Kier molecular flexibility index (Phi) is 15.5. The van der Waals surface area contributed by atoms with Crippen molar-refractivity contribution in [1.29, 1.82) is 0 Å². The first-order chi connectivity index (χ1) is 62.4. The van der Waals surface area contributed by atoms with Crippen LogP contribution in [0.5, 0.6) is 0 Å². The third kappa shape index (κ3) is 10.5. The Bertz CT molecular complexity index is 9200. The number of hydrogen-bond acceptors (Lipinski definition) is 4. The van der Waals surface area contributed by atoms with Gasteiger partial charge in [0.05, 0.1) is 66.2 Å². The molecule has 26 rings (SSSR count). The Morgan fingerprint density at radius 3 is 0.789 bits per heavy atom. The van der Waals surface area contributed by atoms with Crippen molar-refractivity contribution in [2.45, 2.75) is 83.1 Å². The summed E-state index contributed by atoms with van der Waals surface area (Å²) in [5.74, 6) is 0. The molecule has 0 saturated heterocycles. The van der Waals surface area contributed by atoms with Crippen LogP contribution in [0.3, 0.4) is 0 Å². The summed E-state index contributed by atoms with van der Waals surface area (Å²) in [4.78, 5) is 9.90. The average Bonchev–Trinajstić information content (AvgIpc) is 1.51. The molecule has 0 fully saturated rings. The third-order valence-electron chi connectivity index (χ3n) is 28.4. The third-order valence-corrected chi connectivity index (χ3v) is 28.4. The number of hydrogen-bond donors (Lipinski definition) is 0. The molecular formula is C120H90N8. The lowest BCUT2D eigenvalue weighted by atomic mass is 9.92. The van der Waals surface area contributed by atoms with Gasteiger partial charge in [0.25, 0.3) is 0 Å². The second-order valence-corrected chi connectivity index (χ2v) is 36.9. The summed E-state index contributed by atoms with van der Waals surface area (Å²) in [5.41, 5.74) is 44.9. The molecule has 0 amide bonds. The van der Waals surface area contributed by atoms with Crippen molar-refractivity contribution < 1.29 is 0 Å². The van der Waals surface area contributed by atoms with Gasteiger partial charge in [-0.2, -0.15) is 0 Å². The highest BCUT2D eigenvalue weighted by Gasteiger charge is 2.32. The Balaban J connectivity index is 0.757. The molecule has 0 radical (unpaired) electrons. The van der Waals surface area contributed by atoms with Crippen LogP contribution in [0, 0.1) is 83.1 Å². The standard InChI is InChI=1S/C120H90N8/c1-67-29-35-79(36-30-67)121(105-57-69(3)27-33-77(105)11)81-39-43-87-91-21-17-23-93-99-63-113-101(65-111(99)125(117(91)93)107(87)59-81)95-49-47-89(115-97-45-41-82(61-109(97)127(113)119(95)115)122(80-37-31-68(2)32-38-80)106-58-70(4)28-34-78(106)12)90-48-50-96-102-66-112-100(64-114(102)128-110-62-84(42-46-98(110)116(90)120(96)128)124(104-26-16-14-20-76(104)10)86-55-73(7)52-74(8)56-86)94-24-18-22-92-88-44-40-83(60-108(88)126(112)118(92)94)123(103-25-15-13-19-75(103)9)85-53-71(5)51-72(6)54-85/h13-66H,1-12H3. The van der Waals surface area contributed by atoms with E-state index in [1.54, 1.807) is 0 Å². The zero-order valence-electron chi connectivity index (χ0n) is 73.8. The summed E-state index contributed by atoms with van der Waals surface area (Å²) in [6.07, 6.45) is 0. The second-order valence-electron chi connectivity index (χ2n) is 36.9. The number of benzene rings is 18. The maximum atomic E-state index is 2.66. The van der Waals surface area contributed by atoms with E-state index < -0.39 is 0 Å². The molecule has 0 N–H and O–H groups in total. The van der Waals surface area contributed by atoms with Crippen molar-refractivity contribution in [1.82, 2.24) is 17.6 Å². The second kappa shape index (κ2) is 26.9. The van der Waals surface area contributed by atoms with Gasteiger partial charge in [-0.3, -0.25) is 0 Å². The number of fused-ring (bicyclic) bond motifs is 24. The maximum absolute atomic E-state index is 2.66. The van der Waals surface area contributed by atoms with Gasteiger partial charge in [-0.05, 0) is 295 Å². The molecule has 0 aliphatic rings. The number of nitrogens with zero attached hydrogens (tertiary/aromatic N) is 8. The van der Waals surface area contributed by atoms with E-state index in [0.29, 0.717) is 0 Å². The minimum atomic E-state index is 1.09. The molecule has 18 aromatic carbocycles. The molecule has 0 bridgehead atoms. The lowest BCUT2D eigenvalue weighted by molar-refractivity contribution is 1.23. The Morgan fingerprint density at radius 2 is 0.430 bits per heavy atom. The Morgan fingerprint density at radius 1 is 0.156 bits per heavy atom. The van der Waals surface area contributed by atoms with Gasteiger partial charge >= 0.3 is 0 Å². The highest BCUT2D eigenvalue weighted by atomic mass is 15.2. The summed E-state index contributed by atoms with van der Waals surface area (Å²) in [5, 5.41) is 19.7. The van der Waals surface area contributed by atoms with Gasteiger partial charge in [-0.25, -0.2) is 0 Å². The lowest BCUT2D eigenvalue weighted by Gasteiger charge is -2.28. The lowest BCUT2D eigenvalue weighted by Crippen LogP contribution is -2.11. The highest BCUT2D eigenvalue weighted by Crippen LogP contribution is 2.55. The van der Waals surface area contributed by atoms with Gasteiger partial charge in [-0.15, -0.1) is 0 Å². The van der Waals surface area contributed by atoms with E-state index in [1.807, 2.05) is 0 Å². The van der Waals surface area contributed by atoms with Crippen molar-refractivity contribution in [2.24, 2.45) is 0 Å². The van der Waals surface area contributed by atoms with Crippen LogP contribution in [0.15, 0.2) is 328 Å². The molecule has 8 heteroatoms. The van der Waals surface area contributed by atoms with Crippen molar-refractivity contribution in [3.63, 3.8) is 0 Å². The van der Waals surface area contributed by atoms with Gasteiger partial charge in [-0.1, -0.05) is 193 Å². The van der Waals surface area contributed by atoms with Crippen LogP contribution in [0.4, 0.5) is 68.2 Å².